The number of aromatic nitrogens is 5. The van der Waals surface area contributed by atoms with Crippen LogP contribution in [0.4, 0.5) is 17.3 Å². The highest BCUT2D eigenvalue weighted by Crippen LogP contribution is 2.23. The summed E-state index contributed by atoms with van der Waals surface area (Å²) in [5.41, 5.74) is 2.34. The van der Waals surface area contributed by atoms with Crippen molar-refractivity contribution in [2.45, 2.75) is 25.8 Å². The zero-order valence-corrected chi connectivity index (χ0v) is 17.7. The zero-order valence-electron chi connectivity index (χ0n) is 17.7. The standard InChI is InChI=1S/C22H22N8O2/c1-13-17(6-3-9-24-13)29-10-4-5-16(22(29)32)27-18-11-19(23-2)30-20(28-18)15(12-25-30)21(31)26-14-7-8-14/h3-6,9-12,14,23H,7-8H2,1-2H3,(H,26,31)(H,27,28). The lowest BCUT2D eigenvalue weighted by Gasteiger charge is -2.12. The molecule has 1 amide bonds. The first-order chi connectivity index (χ1) is 15.5. The van der Waals surface area contributed by atoms with Gasteiger partial charge in [-0.05, 0) is 44.0 Å². The molecule has 5 rings (SSSR count). The molecule has 1 saturated carbocycles. The fraction of sp³-hybridized carbons (Fsp3) is 0.227. The van der Waals surface area contributed by atoms with Crippen molar-refractivity contribution in [2.75, 3.05) is 17.7 Å². The summed E-state index contributed by atoms with van der Waals surface area (Å²) in [6.07, 6.45) is 6.87. The molecule has 3 N–H and O–H groups in total. The van der Waals surface area contributed by atoms with E-state index in [4.69, 9.17) is 0 Å². The van der Waals surface area contributed by atoms with Crippen molar-refractivity contribution in [1.82, 2.24) is 29.5 Å². The van der Waals surface area contributed by atoms with Crippen molar-refractivity contribution in [1.29, 1.82) is 0 Å². The van der Waals surface area contributed by atoms with Crippen LogP contribution in [-0.4, -0.2) is 43.1 Å². The van der Waals surface area contributed by atoms with Gasteiger partial charge in [-0.15, -0.1) is 0 Å². The van der Waals surface area contributed by atoms with E-state index in [-0.39, 0.29) is 17.5 Å². The summed E-state index contributed by atoms with van der Waals surface area (Å²) in [4.78, 5) is 34.6. The van der Waals surface area contributed by atoms with Gasteiger partial charge in [0.15, 0.2) is 5.65 Å². The molecule has 32 heavy (non-hydrogen) atoms. The molecule has 4 heterocycles. The second-order valence-corrected chi connectivity index (χ2v) is 7.65. The third kappa shape index (κ3) is 3.55. The topological polar surface area (TPSA) is 118 Å². The number of amides is 1. The Bertz CT molecular complexity index is 1390. The van der Waals surface area contributed by atoms with E-state index >= 15 is 0 Å². The Kier molecular flexibility index (Phi) is 4.81. The molecule has 0 unspecified atom stereocenters. The van der Waals surface area contributed by atoms with Crippen LogP contribution >= 0.6 is 0 Å². The van der Waals surface area contributed by atoms with Gasteiger partial charge in [0.05, 0.1) is 17.6 Å². The van der Waals surface area contributed by atoms with Gasteiger partial charge in [-0.2, -0.15) is 9.61 Å². The molecule has 10 heteroatoms. The maximum absolute atomic E-state index is 13.1. The van der Waals surface area contributed by atoms with Gasteiger partial charge < -0.3 is 16.0 Å². The van der Waals surface area contributed by atoms with Gasteiger partial charge in [0.2, 0.25) is 0 Å². The Morgan fingerprint density at radius 1 is 1.22 bits per heavy atom. The molecule has 0 bridgehead atoms. The van der Waals surface area contributed by atoms with E-state index in [0.717, 1.165) is 18.5 Å². The Balaban J connectivity index is 1.54. The van der Waals surface area contributed by atoms with Gasteiger partial charge in [0.1, 0.15) is 22.9 Å². The molecular weight excluding hydrogens is 408 g/mol. The molecule has 0 aliphatic heterocycles. The molecule has 0 spiro atoms. The van der Waals surface area contributed by atoms with Gasteiger partial charge >= 0.3 is 0 Å². The van der Waals surface area contributed by atoms with Crippen LogP contribution in [0, 0.1) is 6.92 Å². The Morgan fingerprint density at radius 2 is 2.06 bits per heavy atom. The number of hydrogen-bond acceptors (Lipinski definition) is 7. The van der Waals surface area contributed by atoms with Crippen molar-refractivity contribution in [3.8, 4) is 5.69 Å². The maximum atomic E-state index is 13.1. The van der Waals surface area contributed by atoms with Crippen LogP contribution in [0.2, 0.25) is 0 Å². The molecule has 0 aromatic carbocycles. The Morgan fingerprint density at radius 3 is 2.81 bits per heavy atom. The minimum Gasteiger partial charge on any atom is -0.373 e. The van der Waals surface area contributed by atoms with E-state index in [1.807, 2.05) is 13.0 Å². The molecule has 0 atom stereocenters. The molecule has 1 fully saturated rings. The van der Waals surface area contributed by atoms with E-state index in [1.54, 1.807) is 48.2 Å². The number of hydrogen-bond donors (Lipinski definition) is 3. The van der Waals surface area contributed by atoms with Crippen LogP contribution in [0.3, 0.4) is 0 Å². The second-order valence-electron chi connectivity index (χ2n) is 7.65. The van der Waals surface area contributed by atoms with Crippen molar-refractivity contribution < 1.29 is 4.79 Å². The summed E-state index contributed by atoms with van der Waals surface area (Å²) in [6.45, 7) is 1.85. The number of fused-ring (bicyclic) bond motifs is 1. The summed E-state index contributed by atoms with van der Waals surface area (Å²) in [6, 6.07) is 9.05. The molecular formula is C22H22N8O2. The lowest BCUT2D eigenvalue weighted by molar-refractivity contribution is 0.0952. The predicted octanol–water partition coefficient (Wildman–Crippen LogP) is 2.26. The summed E-state index contributed by atoms with van der Waals surface area (Å²) in [5.74, 6) is 0.839. The highest BCUT2D eigenvalue weighted by atomic mass is 16.2. The van der Waals surface area contributed by atoms with E-state index in [9.17, 15) is 9.59 Å². The first-order valence-corrected chi connectivity index (χ1v) is 10.3. The van der Waals surface area contributed by atoms with Crippen molar-refractivity contribution in [2.24, 2.45) is 0 Å². The van der Waals surface area contributed by atoms with Crippen molar-refractivity contribution in [3.63, 3.8) is 0 Å². The lowest BCUT2D eigenvalue weighted by atomic mass is 10.3. The summed E-state index contributed by atoms with van der Waals surface area (Å²) in [7, 11) is 1.75. The number of anilines is 3. The number of nitrogens with zero attached hydrogens (tertiary/aromatic N) is 5. The van der Waals surface area contributed by atoms with Crippen LogP contribution in [0.5, 0.6) is 0 Å². The van der Waals surface area contributed by atoms with E-state index in [0.29, 0.717) is 34.2 Å². The molecule has 10 nitrogen and oxygen atoms in total. The van der Waals surface area contributed by atoms with Gasteiger partial charge in [0, 0.05) is 31.5 Å². The van der Waals surface area contributed by atoms with Gasteiger partial charge in [0.25, 0.3) is 11.5 Å². The number of nitrogens with one attached hydrogen (secondary N) is 3. The molecule has 4 aromatic rings. The summed E-state index contributed by atoms with van der Waals surface area (Å²) >= 11 is 0. The first kappa shape index (κ1) is 19.7. The second kappa shape index (κ2) is 7.80. The number of carbonyl (C=O) groups excluding carboxylic acids is 1. The van der Waals surface area contributed by atoms with Crippen LogP contribution in [-0.2, 0) is 0 Å². The molecule has 1 aliphatic carbocycles. The Hall–Kier alpha value is -4.21. The Labute approximate surface area is 183 Å². The van der Waals surface area contributed by atoms with Crippen LogP contribution < -0.4 is 21.5 Å². The largest absolute Gasteiger partial charge is 0.373 e. The normalized spacial score (nSPS) is 13.2. The third-order valence-electron chi connectivity index (χ3n) is 5.33. The monoisotopic (exact) mass is 430 g/mol. The smallest absolute Gasteiger partial charge is 0.278 e. The fourth-order valence-electron chi connectivity index (χ4n) is 3.50. The average molecular weight is 430 g/mol. The van der Waals surface area contributed by atoms with E-state index < -0.39 is 0 Å². The maximum Gasteiger partial charge on any atom is 0.278 e. The molecule has 0 radical (unpaired) electrons. The lowest BCUT2D eigenvalue weighted by Crippen LogP contribution is -2.25. The minimum absolute atomic E-state index is 0.205. The number of rotatable bonds is 6. The zero-order chi connectivity index (χ0) is 22.2. The van der Waals surface area contributed by atoms with Crippen molar-refractivity contribution >= 4 is 28.9 Å². The molecule has 4 aromatic heterocycles. The van der Waals surface area contributed by atoms with E-state index in [2.05, 4.69) is 31.0 Å². The van der Waals surface area contributed by atoms with Crippen LogP contribution in [0.15, 0.2) is 53.7 Å². The quantitative estimate of drug-likeness (QED) is 0.429. The molecule has 162 valence electrons. The number of carbonyl (C=O) groups is 1. The highest BCUT2D eigenvalue weighted by Gasteiger charge is 2.26. The first-order valence-electron chi connectivity index (χ1n) is 10.3. The summed E-state index contributed by atoms with van der Waals surface area (Å²) < 4.78 is 3.10. The highest BCUT2D eigenvalue weighted by molar-refractivity contribution is 6.00. The van der Waals surface area contributed by atoms with Gasteiger partial charge in [-0.1, -0.05) is 0 Å². The molecule has 1 aliphatic rings. The SMILES string of the molecule is CNc1cc(Nc2cccn(-c3cccnc3C)c2=O)nc2c(C(=O)NC3CC3)cnn12. The predicted molar refractivity (Wildman–Crippen MR) is 121 cm³/mol. The van der Waals surface area contributed by atoms with Gasteiger partial charge in [-0.3, -0.25) is 19.1 Å². The van der Waals surface area contributed by atoms with Crippen molar-refractivity contribution in [3.05, 3.63) is 70.5 Å². The van der Waals surface area contributed by atoms with Crippen LogP contribution in [0.1, 0.15) is 28.9 Å². The summed E-state index contributed by atoms with van der Waals surface area (Å²) in [5, 5.41) is 13.4. The fourth-order valence-corrected chi connectivity index (χ4v) is 3.50. The van der Waals surface area contributed by atoms with E-state index in [1.165, 1.54) is 10.8 Å². The van der Waals surface area contributed by atoms with Crippen LogP contribution in [0.25, 0.3) is 11.3 Å². The molecule has 0 saturated heterocycles. The number of pyridine rings is 2. The number of aryl methyl sites for hydroxylation is 1. The minimum atomic E-state index is -0.239. The van der Waals surface area contributed by atoms with Gasteiger partial charge in [-0.25, -0.2) is 4.98 Å². The average Bonchev–Trinajstić information content (AvgIpc) is 3.50. The third-order valence-corrected chi connectivity index (χ3v) is 5.33.